The fraction of sp³-hybridized carbons (Fsp3) is 0. The lowest BCUT2D eigenvalue weighted by molar-refractivity contribution is 0.202. The van der Waals surface area contributed by atoms with Crippen LogP contribution in [0.1, 0.15) is 0 Å². The van der Waals surface area contributed by atoms with E-state index in [4.69, 9.17) is 5.73 Å². The molecule has 5 nitrogen and oxygen atoms in total. The van der Waals surface area contributed by atoms with Gasteiger partial charge in [0, 0.05) is 6.08 Å². The van der Waals surface area contributed by atoms with Crippen molar-refractivity contribution >= 4 is 19.9 Å². The van der Waals surface area contributed by atoms with Crippen molar-refractivity contribution < 1.29 is 14.4 Å². The highest BCUT2D eigenvalue weighted by Gasteiger charge is 2.01. The Labute approximate surface area is 58.6 Å². The lowest BCUT2D eigenvalue weighted by Crippen LogP contribution is -2.18. The molecule has 1 heterocycles. The van der Waals surface area contributed by atoms with Crippen LogP contribution in [0.4, 0.5) is 4.79 Å². The van der Waals surface area contributed by atoms with Crippen molar-refractivity contribution in [1.29, 1.82) is 0 Å². The third-order valence-corrected chi connectivity index (χ3v) is 1.35. The molecule has 0 aromatic rings. The molecule has 0 saturated carbocycles. The van der Waals surface area contributed by atoms with Crippen molar-refractivity contribution in [3.05, 3.63) is 12.3 Å². The zero-order chi connectivity index (χ0) is 7.40. The van der Waals surface area contributed by atoms with Crippen LogP contribution in [0.25, 0.3) is 0 Å². The molecular weight excluding hydrogens is 155 g/mol. The first-order valence-electron chi connectivity index (χ1n) is 2.41. The summed E-state index contributed by atoms with van der Waals surface area (Å²) in [6.45, 7) is 0. The summed E-state index contributed by atoms with van der Waals surface area (Å²) in [6, 6.07) is 0. The Kier molecular flexibility index (Phi) is 2.25. The van der Waals surface area contributed by atoms with E-state index in [0.717, 1.165) is 0 Å². The van der Waals surface area contributed by atoms with Crippen LogP contribution in [0.2, 0.25) is 0 Å². The monoisotopic (exact) mass is 160 g/mol. The first kappa shape index (κ1) is 7.05. The number of nitrogens with one attached hydrogen (secondary N) is 1. The maximum Gasteiger partial charge on any atom is 0.410 e. The Morgan fingerprint density at radius 2 is 2.70 bits per heavy atom. The molecule has 54 valence electrons. The van der Waals surface area contributed by atoms with Gasteiger partial charge in [0.2, 0.25) is 0 Å². The standard InChI is InChI=1S/C4H5N2O3P/c5-4(7)9-3-1-2-8-6-10-3/h1-2,6H,(H2,5,7). The van der Waals surface area contributed by atoms with Crippen LogP contribution in [0.15, 0.2) is 12.3 Å². The van der Waals surface area contributed by atoms with E-state index in [1.54, 1.807) is 0 Å². The van der Waals surface area contributed by atoms with E-state index < -0.39 is 6.09 Å². The summed E-state index contributed by atoms with van der Waals surface area (Å²) in [7, 11) is 0.573. The molecule has 1 amide bonds. The first-order chi connectivity index (χ1) is 4.79. The molecule has 0 saturated heterocycles. The van der Waals surface area contributed by atoms with Gasteiger partial charge in [-0.25, -0.2) is 4.79 Å². The van der Waals surface area contributed by atoms with Crippen LogP contribution in [0.3, 0.4) is 0 Å². The van der Waals surface area contributed by atoms with E-state index >= 15 is 0 Å². The number of hydrogen-bond donors (Lipinski definition) is 2. The van der Waals surface area contributed by atoms with Gasteiger partial charge in [-0.15, -0.1) is 5.25 Å². The van der Waals surface area contributed by atoms with Gasteiger partial charge < -0.3 is 15.3 Å². The number of carbonyl (C=O) groups is 1. The summed E-state index contributed by atoms with van der Waals surface area (Å²) in [4.78, 5) is 14.7. The summed E-state index contributed by atoms with van der Waals surface area (Å²) in [5, 5.41) is 2.46. The molecule has 6 heteroatoms. The highest BCUT2D eigenvalue weighted by Crippen LogP contribution is 2.02. The fourth-order valence-electron chi connectivity index (χ4n) is 0.391. The highest BCUT2D eigenvalue weighted by atomic mass is 31.1. The van der Waals surface area contributed by atoms with Crippen molar-refractivity contribution in [2.24, 2.45) is 5.73 Å². The van der Waals surface area contributed by atoms with Crippen molar-refractivity contribution in [2.75, 3.05) is 0 Å². The van der Waals surface area contributed by atoms with Crippen LogP contribution in [0.5, 0.6) is 0 Å². The average Bonchev–Trinajstić information content (AvgIpc) is 1.88. The van der Waals surface area contributed by atoms with E-state index in [1.807, 2.05) is 0 Å². The molecule has 3 N–H and O–H groups in total. The number of rotatable bonds is 1. The predicted molar refractivity (Wildman–Crippen MR) is 36.0 cm³/mol. The summed E-state index contributed by atoms with van der Waals surface area (Å²) in [5.74, 6) is 0. The second-order valence-electron chi connectivity index (χ2n) is 1.38. The van der Waals surface area contributed by atoms with E-state index in [9.17, 15) is 4.79 Å². The number of hydrogen-bond acceptors (Lipinski definition) is 4. The molecule has 10 heavy (non-hydrogen) atoms. The van der Waals surface area contributed by atoms with Gasteiger partial charge in [-0.05, 0) is 0 Å². The summed E-state index contributed by atoms with van der Waals surface area (Å²) < 4.78 is 4.51. The SMILES string of the molecule is NC(=O)OC1=PNOC=C1. The molecule has 0 aromatic carbocycles. The van der Waals surface area contributed by atoms with Crippen LogP contribution >= 0.6 is 8.35 Å². The Balaban J connectivity index is 2.48. The Morgan fingerprint density at radius 3 is 3.20 bits per heavy atom. The first-order valence-corrected chi connectivity index (χ1v) is 3.30. The summed E-state index contributed by atoms with van der Waals surface area (Å²) in [6.07, 6.45) is 2.04. The molecular formula is C4H5N2O3P. The Hall–Kier alpha value is -1.06. The maximum atomic E-state index is 10.1. The lowest BCUT2D eigenvalue weighted by atomic mass is 10.7. The molecule has 1 aliphatic heterocycles. The molecule has 0 radical (unpaired) electrons. The minimum absolute atomic E-state index is 0.416. The normalized spacial score (nSPS) is 17.0. The minimum atomic E-state index is -0.823. The van der Waals surface area contributed by atoms with Gasteiger partial charge in [-0.2, -0.15) is 0 Å². The molecule has 0 fully saturated rings. The predicted octanol–water partition coefficient (Wildman–Crippen LogP) is 0.121. The second kappa shape index (κ2) is 3.20. The van der Waals surface area contributed by atoms with Crippen LogP contribution in [-0.2, 0) is 9.57 Å². The van der Waals surface area contributed by atoms with Crippen LogP contribution in [0, 0.1) is 0 Å². The number of amides is 1. The number of ether oxygens (including phenoxy) is 1. The van der Waals surface area contributed by atoms with Gasteiger partial charge in [0.15, 0.2) is 5.48 Å². The van der Waals surface area contributed by atoms with E-state index in [-0.39, 0.29) is 0 Å². The van der Waals surface area contributed by atoms with E-state index in [0.29, 0.717) is 13.8 Å². The quantitative estimate of drug-likeness (QED) is 0.534. The highest BCUT2D eigenvalue weighted by molar-refractivity contribution is 7.38. The van der Waals surface area contributed by atoms with E-state index in [2.05, 4.69) is 14.8 Å². The number of nitrogens with two attached hydrogens (primary N) is 1. The van der Waals surface area contributed by atoms with Crippen molar-refractivity contribution in [1.82, 2.24) is 5.25 Å². The minimum Gasteiger partial charge on any atom is -0.408 e. The summed E-state index contributed by atoms with van der Waals surface area (Å²) in [5.41, 5.74) is 5.15. The third kappa shape index (κ3) is 2.05. The largest absolute Gasteiger partial charge is 0.410 e. The van der Waals surface area contributed by atoms with Crippen molar-refractivity contribution in [2.45, 2.75) is 0 Å². The van der Waals surface area contributed by atoms with E-state index in [1.165, 1.54) is 12.3 Å². The molecule has 0 spiro atoms. The number of primary amides is 1. The average molecular weight is 160 g/mol. The van der Waals surface area contributed by atoms with Gasteiger partial charge in [-0.1, -0.05) is 0 Å². The Morgan fingerprint density at radius 1 is 1.90 bits per heavy atom. The van der Waals surface area contributed by atoms with Crippen molar-refractivity contribution in [3.63, 3.8) is 0 Å². The molecule has 1 rings (SSSR count). The van der Waals surface area contributed by atoms with Crippen LogP contribution in [-0.4, -0.2) is 11.6 Å². The smallest absolute Gasteiger partial charge is 0.408 e. The van der Waals surface area contributed by atoms with Gasteiger partial charge in [0.05, 0.1) is 8.35 Å². The zero-order valence-corrected chi connectivity index (χ0v) is 5.80. The molecule has 0 unspecified atom stereocenters. The molecule has 0 bridgehead atoms. The lowest BCUT2D eigenvalue weighted by Gasteiger charge is -2.04. The molecule has 0 aromatic heterocycles. The third-order valence-electron chi connectivity index (χ3n) is 0.692. The second-order valence-corrected chi connectivity index (χ2v) is 2.23. The summed E-state index contributed by atoms with van der Waals surface area (Å²) >= 11 is 0. The van der Waals surface area contributed by atoms with Crippen molar-refractivity contribution in [3.8, 4) is 0 Å². The number of carbonyl (C=O) groups excluding carboxylic acids is 1. The Bertz CT molecular complexity index is 201. The zero-order valence-electron chi connectivity index (χ0n) is 4.90. The van der Waals surface area contributed by atoms with Crippen LogP contribution < -0.4 is 11.0 Å². The molecule has 1 aliphatic rings. The molecule has 0 aliphatic carbocycles. The fourth-order valence-corrected chi connectivity index (χ4v) is 0.866. The molecule has 0 atom stereocenters. The maximum absolute atomic E-state index is 10.1. The topological polar surface area (TPSA) is 73.6 Å². The van der Waals surface area contributed by atoms with Gasteiger partial charge in [0.1, 0.15) is 6.26 Å². The van der Waals surface area contributed by atoms with Gasteiger partial charge in [0.25, 0.3) is 0 Å². The van der Waals surface area contributed by atoms with Gasteiger partial charge in [-0.3, -0.25) is 0 Å². The van der Waals surface area contributed by atoms with Gasteiger partial charge >= 0.3 is 6.09 Å².